The second kappa shape index (κ2) is 8.03. The highest BCUT2D eigenvalue weighted by Gasteiger charge is 2.07. The van der Waals surface area contributed by atoms with Gasteiger partial charge < -0.3 is 14.8 Å². The zero-order valence-corrected chi connectivity index (χ0v) is 13.6. The Bertz CT molecular complexity index is 680. The van der Waals surface area contributed by atoms with Gasteiger partial charge in [0.1, 0.15) is 0 Å². The molecule has 23 heavy (non-hydrogen) atoms. The molecule has 120 valence electrons. The molecule has 1 atom stereocenters. The van der Waals surface area contributed by atoms with Crippen molar-refractivity contribution in [3.63, 3.8) is 0 Å². The fraction of sp³-hybridized carbons (Fsp3) is 0.211. The molecule has 0 aliphatic rings. The third kappa shape index (κ3) is 4.61. The average Bonchev–Trinajstić information content (AvgIpc) is 2.60. The van der Waals surface area contributed by atoms with E-state index in [2.05, 4.69) is 5.32 Å². The van der Waals surface area contributed by atoms with E-state index < -0.39 is 0 Å². The number of carbonyl (C=O) groups is 1. The molecule has 0 saturated heterocycles. The Balaban J connectivity index is 2.01. The maximum atomic E-state index is 12.0. The molecule has 0 fully saturated rings. The highest BCUT2D eigenvalue weighted by molar-refractivity contribution is 5.92. The van der Waals surface area contributed by atoms with E-state index in [0.717, 1.165) is 11.1 Å². The van der Waals surface area contributed by atoms with Crippen molar-refractivity contribution in [3.05, 3.63) is 65.7 Å². The number of carbonyl (C=O) groups excluding carboxylic acids is 1. The molecule has 0 saturated carbocycles. The number of methoxy groups -OCH3 is 2. The number of hydrogen-bond donors (Lipinski definition) is 1. The number of rotatable bonds is 6. The van der Waals surface area contributed by atoms with Crippen molar-refractivity contribution in [2.75, 3.05) is 14.2 Å². The maximum absolute atomic E-state index is 12.0. The minimum Gasteiger partial charge on any atom is -0.493 e. The predicted octanol–water partition coefficient (Wildman–Crippen LogP) is 3.59. The predicted molar refractivity (Wildman–Crippen MR) is 91.6 cm³/mol. The standard InChI is InChI=1S/C19H21NO3/c1-14(16-7-5-4-6-8-16)20-19(21)12-10-15-9-11-17(22-2)18(13-15)23-3/h4-14H,1-3H3,(H,20,21)/b12-10+/t14-/m1/s1. The molecule has 1 N–H and O–H groups in total. The van der Waals surface area contributed by atoms with Crippen LogP contribution >= 0.6 is 0 Å². The van der Waals surface area contributed by atoms with Crippen LogP contribution in [0.15, 0.2) is 54.6 Å². The molecule has 0 aliphatic carbocycles. The second-order valence-corrected chi connectivity index (χ2v) is 5.09. The van der Waals surface area contributed by atoms with E-state index in [1.807, 2.05) is 55.5 Å². The minimum atomic E-state index is -0.142. The molecular formula is C19H21NO3. The summed E-state index contributed by atoms with van der Waals surface area (Å²) < 4.78 is 10.4. The van der Waals surface area contributed by atoms with E-state index in [1.165, 1.54) is 6.08 Å². The lowest BCUT2D eigenvalue weighted by atomic mass is 10.1. The fourth-order valence-electron chi connectivity index (χ4n) is 2.21. The van der Waals surface area contributed by atoms with Crippen molar-refractivity contribution in [1.29, 1.82) is 0 Å². The van der Waals surface area contributed by atoms with Gasteiger partial charge in [0, 0.05) is 6.08 Å². The number of ether oxygens (including phenoxy) is 2. The van der Waals surface area contributed by atoms with Crippen LogP contribution in [0.2, 0.25) is 0 Å². The van der Waals surface area contributed by atoms with E-state index in [4.69, 9.17) is 9.47 Å². The maximum Gasteiger partial charge on any atom is 0.244 e. The lowest BCUT2D eigenvalue weighted by molar-refractivity contribution is -0.117. The molecule has 1 amide bonds. The van der Waals surface area contributed by atoms with Crippen molar-refractivity contribution in [2.24, 2.45) is 0 Å². The SMILES string of the molecule is COc1ccc(/C=C/C(=O)N[C@H](C)c2ccccc2)cc1OC. The van der Waals surface area contributed by atoms with Crippen molar-refractivity contribution in [3.8, 4) is 11.5 Å². The summed E-state index contributed by atoms with van der Waals surface area (Å²) >= 11 is 0. The Morgan fingerprint density at radius 3 is 2.39 bits per heavy atom. The zero-order chi connectivity index (χ0) is 16.7. The molecule has 4 heteroatoms. The van der Waals surface area contributed by atoms with E-state index in [9.17, 15) is 4.79 Å². The Morgan fingerprint density at radius 1 is 1.04 bits per heavy atom. The summed E-state index contributed by atoms with van der Waals surface area (Å²) in [5.74, 6) is 1.15. The van der Waals surface area contributed by atoms with Gasteiger partial charge in [-0.15, -0.1) is 0 Å². The van der Waals surface area contributed by atoms with Gasteiger partial charge in [-0.3, -0.25) is 4.79 Å². The largest absolute Gasteiger partial charge is 0.493 e. The van der Waals surface area contributed by atoms with Gasteiger partial charge in [0.05, 0.1) is 20.3 Å². The summed E-state index contributed by atoms with van der Waals surface area (Å²) in [5, 5.41) is 2.94. The first-order valence-electron chi connectivity index (χ1n) is 7.39. The second-order valence-electron chi connectivity index (χ2n) is 5.09. The van der Waals surface area contributed by atoms with Gasteiger partial charge in [-0.2, -0.15) is 0 Å². The number of nitrogens with one attached hydrogen (secondary N) is 1. The normalized spacial score (nSPS) is 12.0. The molecule has 4 nitrogen and oxygen atoms in total. The van der Waals surface area contributed by atoms with E-state index in [-0.39, 0.29) is 11.9 Å². The third-order valence-corrected chi connectivity index (χ3v) is 3.49. The molecule has 0 aromatic heterocycles. The summed E-state index contributed by atoms with van der Waals surface area (Å²) in [5.41, 5.74) is 1.94. The number of amides is 1. The first-order valence-corrected chi connectivity index (χ1v) is 7.39. The monoisotopic (exact) mass is 311 g/mol. The Morgan fingerprint density at radius 2 is 1.74 bits per heavy atom. The van der Waals surface area contributed by atoms with Crippen molar-refractivity contribution < 1.29 is 14.3 Å². The van der Waals surface area contributed by atoms with Crippen LogP contribution in [0.3, 0.4) is 0 Å². The van der Waals surface area contributed by atoms with E-state index in [0.29, 0.717) is 11.5 Å². The van der Waals surface area contributed by atoms with Crippen LogP contribution in [0.25, 0.3) is 6.08 Å². The zero-order valence-electron chi connectivity index (χ0n) is 13.6. The van der Waals surface area contributed by atoms with Crippen molar-refractivity contribution in [1.82, 2.24) is 5.32 Å². The lowest BCUT2D eigenvalue weighted by Crippen LogP contribution is -2.24. The van der Waals surface area contributed by atoms with Gasteiger partial charge in [-0.25, -0.2) is 0 Å². The van der Waals surface area contributed by atoms with Crippen LogP contribution in [0.1, 0.15) is 24.1 Å². The highest BCUT2D eigenvalue weighted by Crippen LogP contribution is 2.27. The minimum absolute atomic E-state index is 0.0428. The van der Waals surface area contributed by atoms with Crippen LogP contribution in [-0.4, -0.2) is 20.1 Å². The highest BCUT2D eigenvalue weighted by atomic mass is 16.5. The molecule has 2 aromatic carbocycles. The van der Waals surface area contributed by atoms with E-state index in [1.54, 1.807) is 20.3 Å². The average molecular weight is 311 g/mol. The van der Waals surface area contributed by atoms with Crippen molar-refractivity contribution in [2.45, 2.75) is 13.0 Å². The van der Waals surface area contributed by atoms with Crippen LogP contribution in [0.5, 0.6) is 11.5 Å². The van der Waals surface area contributed by atoms with Crippen LogP contribution in [-0.2, 0) is 4.79 Å². The van der Waals surface area contributed by atoms with Gasteiger partial charge in [-0.1, -0.05) is 36.4 Å². The summed E-state index contributed by atoms with van der Waals surface area (Å²) in [7, 11) is 3.17. The molecule has 0 radical (unpaired) electrons. The Labute approximate surface area is 136 Å². The van der Waals surface area contributed by atoms with Gasteiger partial charge >= 0.3 is 0 Å². The third-order valence-electron chi connectivity index (χ3n) is 3.49. The van der Waals surface area contributed by atoms with Gasteiger partial charge in [0.25, 0.3) is 0 Å². The molecule has 2 aromatic rings. The van der Waals surface area contributed by atoms with Crippen LogP contribution in [0, 0.1) is 0 Å². The first-order chi connectivity index (χ1) is 11.1. The topological polar surface area (TPSA) is 47.6 Å². The Hall–Kier alpha value is -2.75. The van der Waals surface area contributed by atoms with Crippen LogP contribution in [0.4, 0.5) is 0 Å². The molecule has 0 heterocycles. The first kappa shape index (κ1) is 16.6. The summed E-state index contributed by atoms with van der Waals surface area (Å²) in [6, 6.07) is 15.3. The molecule has 0 unspecified atom stereocenters. The smallest absolute Gasteiger partial charge is 0.244 e. The lowest BCUT2D eigenvalue weighted by Gasteiger charge is -2.12. The fourth-order valence-corrected chi connectivity index (χ4v) is 2.21. The van der Waals surface area contributed by atoms with Gasteiger partial charge in [0.2, 0.25) is 5.91 Å². The van der Waals surface area contributed by atoms with Crippen LogP contribution < -0.4 is 14.8 Å². The van der Waals surface area contributed by atoms with Crippen molar-refractivity contribution >= 4 is 12.0 Å². The number of benzene rings is 2. The van der Waals surface area contributed by atoms with Gasteiger partial charge in [-0.05, 0) is 36.3 Å². The Kier molecular flexibility index (Phi) is 5.80. The molecular weight excluding hydrogens is 290 g/mol. The molecule has 0 spiro atoms. The number of hydrogen-bond acceptors (Lipinski definition) is 3. The quantitative estimate of drug-likeness (QED) is 0.829. The summed E-state index contributed by atoms with van der Waals surface area (Å²) in [6.45, 7) is 1.96. The van der Waals surface area contributed by atoms with E-state index >= 15 is 0 Å². The molecule has 0 bridgehead atoms. The molecule has 0 aliphatic heterocycles. The van der Waals surface area contributed by atoms with Gasteiger partial charge in [0.15, 0.2) is 11.5 Å². The summed E-state index contributed by atoms with van der Waals surface area (Å²) in [6.07, 6.45) is 3.26. The molecule has 2 rings (SSSR count). The summed E-state index contributed by atoms with van der Waals surface area (Å²) in [4.78, 5) is 12.0.